The second kappa shape index (κ2) is 7.54. The Hall–Kier alpha value is -2.42. The molecular formula is C20H21N5O2S. The number of H-pyrrole nitrogens is 1. The van der Waals surface area contributed by atoms with Crippen molar-refractivity contribution in [3.8, 4) is 0 Å². The summed E-state index contributed by atoms with van der Waals surface area (Å²) in [5, 5.41) is 3.88. The third kappa shape index (κ3) is 3.39. The normalized spacial score (nSPS) is 19.7. The van der Waals surface area contributed by atoms with E-state index in [1.54, 1.807) is 11.8 Å². The first kappa shape index (κ1) is 17.7. The van der Waals surface area contributed by atoms with Crippen molar-refractivity contribution < 1.29 is 9.53 Å². The summed E-state index contributed by atoms with van der Waals surface area (Å²) in [5.41, 5.74) is 3.31. The maximum absolute atomic E-state index is 12.5. The van der Waals surface area contributed by atoms with E-state index < -0.39 is 5.92 Å². The number of hydrogen-bond acceptors (Lipinski definition) is 6. The number of imidazole rings is 1. The molecular weight excluding hydrogens is 374 g/mol. The van der Waals surface area contributed by atoms with E-state index in [1.807, 2.05) is 36.4 Å². The number of para-hydroxylation sites is 1. The number of anilines is 1. The summed E-state index contributed by atoms with van der Waals surface area (Å²) >= 11 is 1.73. The van der Waals surface area contributed by atoms with E-state index in [0.29, 0.717) is 11.5 Å². The fraction of sp³-hybridized carbons (Fsp3) is 0.350. The first-order valence-electron chi connectivity index (χ1n) is 9.47. The number of aromatic nitrogens is 3. The van der Waals surface area contributed by atoms with Crippen molar-refractivity contribution in [2.45, 2.75) is 10.9 Å². The number of thioether (sulfide) groups is 1. The highest BCUT2D eigenvalue weighted by atomic mass is 32.2. The molecule has 144 valence electrons. The zero-order valence-corrected chi connectivity index (χ0v) is 16.2. The predicted molar refractivity (Wildman–Crippen MR) is 109 cm³/mol. The van der Waals surface area contributed by atoms with Gasteiger partial charge in [0.2, 0.25) is 5.91 Å². The summed E-state index contributed by atoms with van der Waals surface area (Å²) in [5.74, 6) is 1.15. The molecule has 2 N–H and O–H groups in total. The van der Waals surface area contributed by atoms with Crippen LogP contribution in [0.5, 0.6) is 0 Å². The van der Waals surface area contributed by atoms with Gasteiger partial charge in [-0.25, -0.2) is 9.97 Å². The maximum Gasteiger partial charge on any atom is 0.239 e. The second-order valence-corrected chi connectivity index (χ2v) is 8.07. The SMILES string of the molecule is O=C1Nc2ccccc2C1c1nc2nc(SCCN3CCOCC3)ccc2[nH]1. The van der Waals surface area contributed by atoms with Crippen LogP contribution in [0, 0.1) is 0 Å². The van der Waals surface area contributed by atoms with E-state index in [2.05, 4.69) is 25.2 Å². The number of ether oxygens (including phenoxy) is 1. The van der Waals surface area contributed by atoms with Gasteiger partial charge in [-0.1, -0.05) is 18.2 Å². The molecule has 1 aromatic carbocycles. The van der Waals surface area contributed by atoms with E-state index in [1.165, 1.54) is 0 Å². The van der Waals surface area contributed by atoms with Crippen molar-refractivity contribution in [1.82, 2.24) is 19.9 Å². The Morgan fingerprint density at radius 2 is 2.00 bits per heavy atom. The highest BCUT2D eigenvalue weighted by molar-refractivity contribution is 7.99. The molecule has 1 unspecified atom stereocenters. The molecule has 28 heavy (non-hydrogen) atoms. The van der Waals surface area contributed by atoms with Gasteiger partial charge in [-0.05, 0) is 23.8 Å². The van der Waals surface area contributed by atoms with Crippen LogP contribution >= 0.6 is 11.8 Å². The van der Waals surface area contributed by atoms with Crippen LogP contribution in [-0.4, -0.2) is 64.4 Å². The monoisotopic (exact) mass is 395 g/mol. The van der Waals surface area contributed by atoms with Crippen molar-refractivity contribution >= 4 is 34.5 Å². The Morgan fingerprint density at radius 1 is 1.14 bits per heavy atom. The Morgan fingerprint density at radius 3 is 2.89 bits per heavy atom. The van der Waals surface area contributed by atoms with Crippen molar-refractivity contribution in [1.29, 1.82) is 0 Å². The Bertz CT molecular complexity index is 1010. The molecule has 8 heteroatoms. The molecule has 1 saturated heterocycles. The number of morpholine rings is 1. The molecule has 2 aliphatic heterocycles. The number of pyridine rings is 1. The molecule has 3 aromatic rings. The Balaban J connectivity index is 1.32. The third-order valence-corrected chi connectivity index (χ3v) is 6.07. The van der Waals surface area contributed by atoms with Gasteiger partial charge in [0.15, 0.2) is 5.65 Å². The fourth-order valence-corrected chi connectivity index (χ4v) is 4.57. The van der Waals surface area contributed by atoms with Gasteiger partial charge in [0, 0.05) is 31.1 Å². The van der Waals surface area contributed by atoms with Crippen LogP contribution in [0.3, 0.4) is 0 Å². The molecule has 0 bridgehead atoms. The van der Waals surface area contributed by atoms with E-state index in [0.717, 1.165) is 60.4 Å². The van der Waals surface area contributed by atoms with Crippen LogP contribution in [0.15, 0.2) is 41.4 Å². The van der Waals surface area contributed by atoms with Gasteiger partial charge in [-0.2, -0.15) is 0 Å². The molecule has 4 heterocycles. The lowest BCUT2D eigenvalue weighted by molar-refractivity contribution is -0.116. The number of benzene rings is 1. The standard InChI is InChI=1S/C20H21N5O2S/c26-20-17(13-3-1-2-4-14(13)22-20)19-21-15-5-6-16(23-18(15)24-19)28-12-9-25-7-10-27-11-8-25/h1-6,17H,7-12H2,(H,22,26)(H,21,23,24). The highest BCUT2D eigenvalue weighted by Crippen LogP contribution is 2.36. The Kier molecular flexibility index (Phi) is 4.76. The minimum atomic E-state index is -0.414. The molecule has 7 nitrogen and oxygen atoms in total. The van der Waals surface area contributed by atoms with E-state index in [-0.39, 0.29) is 5.91 Å². The lowest BCUT2D eigenvalue weighted by Gasteiger charge is -2.26. The number of carbonyl (C=O) groups excluding carboxylic acids is 1. The highest BCUT2D eigenvalue weighted by Gasteiger charge is 2.34. The largest absolute Gasteiger partial charge is 0.379 e. The average molecular weight is 395 g/mol. The molecule has 0 spiro atoms. The van der Waals surface area contributed by atoms with Crippen molar-refractivity contribution in [3.05, 3.63) is 47.8 Å². The summed E-state index contributed by atoms with van der Waals surface area (Å²) in [7, 11) is 0. The number of hydrogen-bond donors (Lipinski definition) is 2. The van der Waals surface area contributed by atoms with Gasteiger partial charge in [0.05, 0.1) is 23.8 Å². The van der Waals surface area contributed by atoms with Crippen LogP contribution in [-0.2, 0) is 9.53 Å². The summed E-state index contributed by atoms with van der Waals surface area (Å²) in [6.07, 6.45) is 0. The maximum atomic E-state index is 12.5. The van der Waals surface area contributed by atoms with Gasteiger partial charge < -0.3 is 15.0 Å². The smallest absolute Gasteiger partial charge is 0.239 e. The number of carbonyl (C=O) groups is 1. The van der Waals surface area contributed by atoms with Crippen LogP contribution in [0.2, 0.25) is 0 Å². The number of amides is 1. The van der Waals surface area contributed by atoms with Gasteiger partial charge >= 0.3 is 0 Å². The van der Waals surface area contributed by atoms with Crippen LogP contribution < -0.4 is 5.32 Å². The number of nitrogens with one attached hydrogen (secondary N) is 2. The molecule has 2 aliphatic rings. The second-order valence-electron chi connectivity index (χ2n) is 6.95. The average Bonchev–Trinajstić information content (AvgIpc) is 3.27. The Labute approximate surface area is 166 Å². The van der Waals surface area contributed by atoms with Crippen molar-refractivity contribution in [3.63, 3.8) is 0 Å². The van der Waals surface area contributed by atoms with Crippen molar-refractivity contribution in [2.75, 3.05) is 43.9 Å². The minimum absolute atomic E-state index is 0.0552. The molecule has 1 atom stereocenters. The van der Waals surface area contributed by atoms with Gasteiger partial charge in [0.1, 0.15) is 11.7 Å². The summed E-state index contributed by atoms with van der Waals surface area (Å²) in [4.78, 5) is 27.5. The topological polar surface area (TPSA) is 83.1 Å². The summed E-state index contributed by atoms with van der Waals surface area (Å²) in [6.45, 7) is 4.67. The van der Waals surface area contributed by atoms with Crippen LogP contribution in [0.1, 0.15) is 17.3 Å². The van der Waals surface area contributed by atoms with E-state index in [9.17, 15) is 4.79 Å². The number of rotatable bonds is 5. The molecule has 0 radical (unpaired) electrons. The van der Waals surface area contributed by atoms with Gasteiger partial charge in [-0.3, -0.25) is 9.69 Å². The molecule has 0 saturated carbocycles. The molecule has 1 fully saturated rings. The first-order chi connectivity index (χ1) is 13.8. The number of aromatic amines is 1. The molecule has 5 rings (SSSR count). The van der Waals surface area contributed by atoms with Crippen LogP contribution in [0.25, 0.3) is 11.2 Å². The van der Waals surface area contributed by atoms with E-state index in [4.69, 9.17) is 4.74 Å². The summed E-state index contributed by atoms with van der Waals surface area (Å²) in [6, 6.07) is 11.7. The van der Waals surface area contributed by atoms with Crippen molar-refractivity contribution in [2.24, 2.45) is 0 Å². The fourth-order valence-electron chi connectivity index (χ4n) is 3.70. The quantitative estimate of drug-likeness (QED) is 0.646. The lowest BCUT2D eigenvalue weighted by atomic mass is 10.0. The number of nitrogens with zero attached hydrogens (tertiary/aromatic N) is 3. The molecule has 1 amide bonds. The molecule has 2 aromatic heterocycles. The van der Waals surface area contributed by atoms with Crippen LogP contribution in [0.4, 0.5) is 5.69 Å². The minimum Gasteiger partial charge on any atom is -0.379 e. The first-order valence-corrected chi connectivity index (χ1v) is 10.5. The van der Waals surface area contributed by atoms with Gasteiger partial charge in [-0.15, -0.1) is 11.8 Å². The summed E-state index contributed by atoms with van der Waals surface area (Å²) < 4.78 is 5.39. The van der Waals surface area contributed by atoms with Gasteiger partial charge in [0.25, 0.3) is 0 Å². The predicted octanol–water partition coefficient (Wildman–Crippen LogP) is 2.47. The van der Waals surface area contributed by atoms with E-state index >= 15 is 0 Å². The molecule has 0 aliphatic carbocycles. The number of fused-ring (bicyclic) bond motifs is 2. The zero-order valence-electron chi connectivity index (χ0n) is 15.4. The lowest BCUT2D eigenvalue weighted by Crippen LogP contribution is -2.37. The third-order valence-electron chi connectivity index (χ3n) is 5.17. The zero-order chi connectivity index (χ0) is 18.9.